The number of aromatic nitrogens is 2. The number of fused-ring (bicyclic) bond motifs is 1. The van der Waals surface area contributed by atoms with Crippen LogP contribution in [0, 0.1) is 6.92 Å². The lowest BCUT2D eigenvalue weighted by molar-refractivity contribution is -0.133. The van der Waals surface area contributed by atoms with Gasteiger partial charge in [0.25, 0.3) is 11.9 Å². The van der Waals surface area contributed by atoms with Gasteiger partial charge in [0.15, 0.2) is 0 Å². The molecule has 0 spiro atoms. The molecule has 4 rings (SSSR count). The van der Waals surface area contributed by atoms with Crippen LogP contribution < -0.4 is 16.3 Å². The fourth-order valence-electron chi connectivity index (χ4n) is 4.18. The van der Waals surface area contributed by atoms with Crippen molar-refractivity contribution in [2.45, 2.75) is 38.6 Å². The van der Waals surface area contributed by atoms with Crippen LogP contribution >= 0.6 is 11.6 Å². The molecule has 2 aromatic heterocycles. The minimum Gasteiger partial charge on any atom is -0.389 e. The lowest BCUT2D eigenvalue weighted by Gasteiger charge is -2.30. The molecule has 39 heavy (non-hydrogen) atoms. The van der Waals surface area contributed by atoms with E-state index in [0.717, 1.165) is 11.3 Å². The Balaban J connectivity index is 1.49. The van der Waals surface area contributed by atoms with Crippen LogP contribution in [0.15, 0.2) is 70.0 Å². The van der Waals surface area contributed by atoms with Crippen LogP contribution in [0.4, 0.5) is 11.7 Å². The van der Waals surface area contributed by atoms with Crippen molar-refractivity contribution >= 4 is 46.0 Å². The number of hydrogen-bond acceptors (Lipinski definition) is 7. The van der Waals surface area contributed by atoms with E-state index in [4.69, 9.17) is 16.0 Å². The third kappa shape index (κ3) is 6.43. The summed E-state index contributed by atoms with van der Waals surface area (Å²) in [6.45, 7) is 5.58. The van der Waals surface area contributed by atoms with E-state index in [1.807, 2.05) is 18.2 Å². The molecule has 0 radical (unpaired) electrons. The molecule has 2 amide bonds. The van der Waals surface area contributed by atoms with Gasteiger partial charge in [-0.05, 0) is 68.3 Å². The van der Waals surface area contributed by atoms with Gasteiger partial charge in [-0.25, -0.2) is 4.79 Å². The number of anilines is 2. The quantitative estimate of drug-likeness (QED) is 0.290. The van der Waals surface area contributed by atoms with Gasteiger partial charge >= 0.3 is 5.63 Å². The zero-order valence-corrected chi connectivity index (χ0v) is 23.0. The van der Waals surface area contributed by atoms with Crippen LogP contribution in [-0.2, 0) is 17.1 Å². The first-order valence-corrected chi connectivity index (χ1v) is 13.0. The molecule has 2 N–H and O–H groups in total. The van der Waals surface area contributed by atoms with Gasteiger partial charge in [0.1, 0.15) is 5.54 Å². The number of carbonyl (C=O) groups excluding carboxylic acids is 2. The van der Waals surface area contributed by atoms with E-state index in [1.54, 1.807) is 75.3 Å². The standard InChI is InChI=1S/C29H30ClN5O4/c1-18-22(32-25(36)20-10-8-19(17-30)9-11-20)12-13-23-24(18)26(37)39-28(33-23)34-29(2,3)27(38)35(4)16-14-21-7-5-6-15-31-21/h5-13,15H,14,16-17H2,1-4H3,(H,32,36)(H,33,34). The number of aryl methyl sites for hydroxylation is 1. The van der Waals surface area contributed by atoms with E-state index < -0.39 is 11.2 Å². The summed E-state index contributed by atoms with van der Waals surface area (Å²) in [5, 5.41) is 6.04. The summed E-state index contributed by atoms with van der Waals surface area (Å²) in [7, 11) is 1.71. The summed E-state index contributed by atoms with van der Waals surface area (Å²) in [4.78, 5) is 49.2. The molecule has 0 bridgehead atoms. The molecule has 202 valence electrons. The number of hydrogen-bond donors (Lipinski definition) is 2. The summed E-state index contributed by atoms with van der Waals surface area (Å²) in [5.74, 6) is -0.155. The normalized spacial score (nSPS) is 11.3. The molecule has 2 heterocycles. The average Bonchev–Trinajstić information content (AvgIpc) is 2.93. The van der Waals surface area contributed by atoms with Gasteiger partial charge in [0.05, 0.1) is 10.9 Å². The van der Waals surface area contributed by atoms with Gasteiger partial charge in [-0.15, -0.1) is 11.6 Å². The van der Waals surface area contributed by atoms with E-state index in [9.17, 15) is 14.4 Å². The minimum absolute atomic E-state index is 0.0699. The van der Waals surface area contributed by atoms with Gasteiger partial charge in [-0.2, -0.15) is 4.98 Å². The number of pyridine rings is 1. The Morgan fingerprint density at radius 1 is 1.08 bits per heavy atom. The topological polar surface area (TPSA) is 117 Å². The highest BCUT2D eigenvalue weighted by Crippen LogP contribution is 2.25. The summed E-state index contributed by atoms with van der Waals surface area (Å²) >= 11 is 5.82. The largest absolute Gasteiger partial charge is 0.389 e. The van der Waals surface area contributed by atoms with E-state index in [1.165, 1.54) is 0 Å². The summed E-state index contributed by atoms with van der Waals surface area (Å²) in [6, 6.07) is 15.9. The highest BCUT2D eigenvalue weighted by Gasteiger charge is 2.32. The van der Waals surface area contributed by atoms with Crippen molar-refractivity contribution in [2.75, 3.05) is 24.2 Å². The lowest BCUT2D eigenvalue weighted by atomic mass is 10.0. The van der Waals surface area contributed by atoms with Crippen LogP contribution in [0.2, 0.25) is 0 Å². The molecule has 0 aliphatic carbocycles. The summed E-state index contributed by atoms with van der Waals surface area (Å²) in [6.07, 6.45) is 2.33. The fourth-order valence-corrected chi connectivity index (χ4v) is 4.35. The van der Waals surface area contributed by atoms with E-state index in [0.29, 0.717) is 41.2 Å². The SMILES string of the molecule is Cc1c(NC(=O)c2ccc(CCl)cc2)ccc2nc(NC(C)(C)C(=O)N(C)CCc3ccccn3)oc(=O)c12. The number of alkyl halides is 1. The van der Waals surface area contributed by atoms with Crippen molar-refractivity contribution in [3.8, 4) is 0 Å². The van der Waals surface area contributed by atoms with Crippen molar-refractivity contribution in [1.29, 1.82) is 0 Å². The van der Waals surface area contributed by atoms with Crippen LogP contribution in [0.3, 0.4) is 0 Å². The van der Waals surface area contributed by atoms with Gasteiger partial charge in [0.2, 0.25) is 5.91 Å². The van der Waals surface area contributed by atoms with Crippen LogP contribution in [-0.4, -0.2) is 45.8 Å². The molecule has 2 aromatic carbocycles. The summed E-state index contributed by atoms with van der Waals surface area (Å²) < 4.78 is 5.45. The molecular formula is C29H30ClN5O4. The van der Waals surface area contributed by atoms with Gasteiger partial charge in [-0.3, -0.25) is 14.6 Å². The molecule has 9 nitrogen and oxygen atoms in total. The molecule has 0 atom stereocenters. The number of nitrogens with zero attached hydrogens (tertiary/aromatic N) is 3. The molecule has 0 aliphatic heterocycles. The Bertz CT molecular complexity index is 1550. The first-order chi connectivity index (χ1) is 18.6. The van der Waals surface area contributed by atoms with Crippen LogP contribution in [0.25, 0.3) is 10.9 Å². The van der Waals surface area contributed by atoms with Crippen LogP contribution in [0.1, 0.15) is 41.0 Å². The van der Waals surface area contributed by atoms with Crippen molar-refractivity contribution in [1.82, 2.24) is 14.9 Å². The van der Waals surface area contributed by atoms with Crippen molar-refractivity contribution in [2.24, 2.45) is 0 Å². The number of halogens is 1. The second-order valence-electron chi connectivity index (χ2n) is 9.77. The number of carbonyl (C=O) groups is 2. The van der Waals surface area contributed by atoms with E-state index in [2.05, 4.69) is 20.6 Å². The minimum atomic E-state index is -1.10. The van der Waals surface area contributed by atoms with Gasteiger partial charge in [-0.1, -0.05) is 18.2 Å². The maximum absolute atomic E-state index is 13.1. The Morgan fingerprint density at radius 3 is 2.49 bits per heavy atom. The number of likely N-dealkylation sites (N-methyl/N-ethyl adjacent to an activating group) is 1. The summed E-state index contributed by atoms with van der Waals surface area (Å²) in [5.41, 5.74) is 1.90. The Kier molecular flexibility index (Phi) is 8.30. The molecule has 0 saturated carbocycles. The predicted molar refractivity (Wildman–Crippen MR) is 152 cm³/mol. The monoisotopic (exact) mass is 547 g/mol. The highest BCUT2D eigenvalue weighted by molar-refractivity contribution is 6.17. The maximum Gasteiger partial charge on any atom is 0.348 e. The van der Waals surface area contributed by atoms with Gasteiger partial charge < -0.3 is 20.0 Å². The third-order valence-corrected chi connectivity index (χ3v) is 6.72. The fraction of sp³-hybridized carbons (Fsp3) is 0.276. The second kappa shape index (κ2) is 11.7. The van der Waals surface area contributed by atoms with Crippen molar-refractivity contribution in [3.05, 3.63) is 93.6 Å². The number of amides is 2. The molecular weight excluding hydrogens is 518 g/mol. The van der Waals surface area contributed by atoms with Crippen LogP contribution in [0.5, 0.6) is 0 Å². The molecule has 0 saturated heterocycles. The molecule has 0 aliphatic rings. The molecule has 10 heteroatoms. The number of nitrogens with one attached hydrogen (secondary N) is 2. The first kappa shape index (κ1) is 27.8. The Morgan fingerprint density at radius 2 is 1.82 bits per heavy atom. The van der Waals surface area contributed by atoms with Gasteiger partial charge in [0, 0.05) is 49.0 Å². The zero-order valence-electron chi connectivity index (χ0n) is 22.2. The maximum atomic E-state index is 13.1. The molecule has 4 aromatic rings. The molecule has 0 unspecified atom stereocenters. The highest BCUT2D eigenvalue weighted by atomic mass is 35.5. The number of benzene rings is 2. The molecule has 0 fully saturated rings. The van der Waals surface area contributed by atoms with E-state index in [-0.39, 0.29) is 23.2 Å². The smallest absolute Gasteiger partial charge is 0.348 e. The van der Waals surface area contributed by atoms with E-state index >= 15 is 0 Å². The average molecular weight is 548 g/mol. The third-order valence-electron chi connectivity index (χ3n) is 6.41. The first-order valence-electron chi connectivity index (χ1n) is 12.4. The second-order valence-corrected chi connectivity index (χ2v) is 10.0. The Hall–Kier alpha value is -4.24. The lowest BCUT2D eigenvalue weighted by Crippen LogP contribution is -2.49. The predicted octanol–water partition coefficient (Wildman–Crippen LogP) is 4.77. The van der Waals surface area contributed by atoms with Crippen molar-refractivity contribution in [3.63, 3.8) is 0 Å². The zero-order chi connectivity index (χ0) is 28.2. The number of rotatable bonds is 9. The Labute approximate surface area is 231 Å². The van der Waals surface area contributed by atoms with Crippen molar-refractivity contribution < 1.29 is 14.0 Å².